The van der Waals surface area contributed by atoms with Gasteiger partial charge in [-0.1, -0.05) is 57.9 Å². The Balaban J connectivity index is 2.58. The molecule has 0 saturated carbocycles. The first-order valence-electron chi connectivity index (χ1n) is 7.83. The highest BCUT2D eigenvalue weighted by Crippen LogP contribution is 2.17. The molecule has 1 atom stereocenters. The standard InChI is InChI=1S/C17H30N2O/c1-4-14(5-2)12-19(6-3)13-17(20)16-9-7-15(11-18)8-10-16/h7-10,14,17,20H,4-6,11-13,18H2,1-3H3. The molecule has 0 bridgehead atoms. The van der Waals surface area contributed by atoms with Gasteiger partial charge in [-0.3, -0.25) is 0 Å². The lowest BCUT2D eigenvalue weighted by atomic mass is 10.0. The van der Waals surface area contributed by atoms with Crippen LogP contribution in [0.15, 0.2) is 24.3 Å². The van der Waals surface area contributed by atoms with E-state index in [0.29, 0.717) is 13.1 Å². The zero-order valence-corrected chi connectivity index (χ0v) is 13.2. The van der Waals surface area contributed by atoms with Crippen LogP contribution in [0.4, 0.5) is 0 Å². The number of nitrogens with zero attached hydrogens (tertiary/aromatic N) is 1. The molecule has 1 aromatic carbocycles. The van der Waals surface area contributed by atoms with Crippen molar-refractivity contribution in [2.75, 3.05) is 19.6 Å². The van der Waals surface area contributed by atoms with E-state index in [1.807, 2.05) is 24.3 Å². The number of nitrogens with two attached hydrogens (primary N) is 1. The molecule has 0 spiro atoms. The molecule has 3 N–H and O–H groups in total. The summed E-state index contributed by atoms with van der Waals surface area (Å²) < 4.78 is 0. The van der Waals surface area contributed by atoms with E-state index in [1.54, 1.807) is 0 Å². The monoisotopic (exact) mass is 278 g/mol. The largest absolute Gasteiger partial charge is 0.387 e. The van der Waals surface area contributed by atoms with E-state index in [2.05, 4.69) is 25.7 Å². The van der Waals surface area contributed by atoms with E-state index in [9.17, 15) is 5.11 Å². The van der Waals surface area contributed by atoms with Crippen molar-refractivity contribution in [2.45, 2.75) is 46.3 Å². The van der Waals surface area contributed by atoms with Gasteiger partial charge in [0.2, 0.25) is 0 Å². The van der Waals surface area contributed by atoms with Crippen LogP contribution < -0.4 is 5.73 Å². The van der Waals surface area contributed by atoms with Crippen LogP contribution in [0.1, 0.15) is 50.8 Å². The van der Waals surface area contributed by atoms with E-state index in [1.165, 1.54) is 12.8 Å². The molecule has 0 heterocycles. The number of hydrogen-bond acceptors (Lipinski definition) is 3. The van der Waals surface area contributed by atoms with Gasteiger partial charge in [0, 0.05) is 19.6 Å². The maximum absolute atomic E-state index is 10.4. The number of rotatable bonds is 9. The van der Waals surface area contributed by atoms with E-state index in [0.717, 1.165) is 30.1 Å². The topological polar surface area (TPSA) is 49.5 Å². The average molecular weight is 278 g/mol. The van der Waals surface area contributed by atoms with E-state index in [-0.39, 0.29) is 0 Å². The van der Waals surface area contributed by atoms with Gasteiger partial charge in [-0.25, -0.2) is 0 Å². The summed E-state index contributed by atoms with van der Waals surface area (Å²) in [5.74, 6) is 0.724. The minimum atomic E-state index is -0.420. The highest BCUT2D eigenvalue weighted by molar-refractivity contribution is 5.24. The molecule has 0 saturated heterocycles. The fourth-order valence-electron chi connectivity index (χ4n) is 2.47. The number of likely N-dealkylation sites (N-methyl/N-ethyl adjacent to an activating group) is 1. The van der Waals surface area contributed by atoms with Crippen LogP contribution in [0.3, 0.4) is 0 Å². The summed E-state index contributed by atoms with van der Waals surface area (Å²) in [6.07, 6.45) is 1.99. The minimum Gasteiger partial charge on any atom is -0.387 e. The third-order valence-corrected chi connectivity index (χ3v) is 4.15. The third-order valence-electron chi connectivity index (χ3n) is 4.15. The fourth-order valence-corrected chi connectivity index (χ4v) is 2.47. The molecule has 0 aliphatic carbocycles. The van der Waals surface area contributed by atoms with Crippen LogP contribution >= 0.6 is 0 Å². The highest BCUT2D eigenvalue weighted by Gasteiger charge is 2.15. The Morgan fingerprint density at radius 2 is 1.65 bits per heavy atom. The van der Waals surface area contributed by atoms with Gasteiger partial charge in [0.15, 0.2) is 0 Å². The van der Waals surface area contributed by atoms with Crippen molar-refractivity contribution >= 4 is 0 Å². The van der Waals surface area contributed by atoms with Gasteiger partial charge in [0.1, 0.15) is 0 Å². The lowest BCUT2D eigenvalue weighted by Gasteiger charge is -2.27. The Morgan fingerprint density at radius 3 is 2.10 bits per heavy atom. The summed E-state index contributed by atoms with van der Waals surface area (Å²) in [5, 5.41) is 10.4. The molecule has 0 aliphatic heterocycles. The molecule has 1 unspecified atom stereocenters. The Morgan fingerprint density at radius 1 is 1.05 bits per heavy atom. The van der Waals surface area contributed by atoms with Crippen molar-refractivity contribution in [3.05, 3.63) is 35.4 Å². The Hall–Kier alpha value is -0.900. The quantitative estimate of drug-likeness (QED) is 0.730. The molecule has 0 amide bonds. The first kappa shape index (κ1) is 17.2. The summed E-state index contributed by atoms with van der Waals surface area (Å²) >= 11 is 0. The van der Waals surface area contributed by atoms with Crippen molar-refractivity contribution in [2.24, 2.45) is 11.7 Å². The number of hydrogen-bond donors (Lipinski definition) is 2. The van der Waals surface area contributed by atoms with Gasteiger partial charge in [-0.15, -0.1) is 0 Å². The summed E-state index contributed by atoms with van der Waals surface area (Å²) in [4.78, 5) is 2.35. The number of benzene rings is 1. The zero-order chi connectivity index (χ0) is 15.0. The molecule has 0 radical (unpaired) electrons. The second-order valence-corrected chi connectivity index (χ2v) is 5.50. The maximum atomic E-state index is 10.4. The third kappa shape index (κ3) is 5.23. The van der Waals surface area contributed by atoms with Crippen LogP contribution in [0.25, 0.3) is 0 Å². The fraction of sp³-hybridized carbons (Fsp3) is 0.647. The number of aliphatic hydroxyl groups is 1. The van der Waals surface area contributed by atoms with E-state index < -0.39 is 6.10 Å². The van der Waals surface area contributed by atoms with Crippen LogP contribution in [0, 0.1) is 5.92 Å². The second kappa shape index (κ2) is 9.11. The second-order valence-electron chi connectivity index (χ2n) is 5.50. The highest BCUT2D eigenvalue weighted by atomic mass is 16.3. The Labute approximate surface area is 123 Å². The van der Waals surface area contributed by atoms with Crippen molar-refractivity contribution in [1.29, 1.82) is 0 Å². The molecular formula is C17H30N2O. The normalized spacial score (nSPS) is 13.2. The molecule has 3 nitrogen and oxygen atoms in total. The predicted octanol–water partition coefficient (Wildman–Crippen LogP) is 2.94. The van der Waals surface area contributed by atoms with Crippen LogP contribution in [0.5, 0.6) is 0 Å². The van der Waals surface area contributed by atoms with Crippen molar-refractivity contribution in [3.63, 3.8) is 0 Å². The summed E-state index contributed by atoms with van der Waals surface area (Å²) in [7, 11) is 0. The zero-order valence-electron chi connectivity index (χ0n) is 13.2. The predicted molar refractivity (Wildman–Crippen MR) is 85.5 cm³/mol. The molecule has 0 fully saturated rings. The van der Waals surface area contributed by atoms with Gasteiger partial charge in [-0.05, 0) is 23.6 Å². The summed E-state index contributed by atoms with van der Waals surface area (Å²) in [6, 6.07) is 7.96. The molecule has 0 aliphatic rings. The van der Waals surface area contributed by atoms with Gasteiger partial charge in [-0.2, -0.15) is 0 Å². The van der Waals surface area contributed by atoms with E-state index in [4.69, 9.17) is 5.73 Å². The molecule has 3 heteroatoms. The van der Waals surface area contributed by atoms with E-state index >= 15 is 0 Å². The minimum absolute atomic E-state index is 0.420. The molecule has 1 aromatic rings. The van der Waals surface area contributed by atoms with Gasteiger partial charge < -0.3 is 15.7 Å². The maximum Gasteiger partial charge on any atom is 0.0916 e. The Kier molecular flexibility index (Phi) is 7.82. The number of aliphatic hydroxyl groups excluding tert-OH is 1. The molecule has 0 aromatic heterocycles. The Bertz CT molecular complexity index is 360. The van der Waals surface area contributed by atoms with Gasteiger partial charge >= 0.3 is 0 Å². The van der Waals surface area contributed by atoms with Crippen molar-refractivity contribution in [1.82, 2.24) is 4.90 Å². The lowest BCUT2D eigenvalue weighted by molar-refractivity contribution is 0.105. The lowest BCUT2D eigenvalue weighted by Crippen LogP contribution is -2.33. The molecular weight excluding hydrogens is 248 g/mol. The van der Waals surface area contributed by atoms with Crippen molar-refractivity contribution < 1.29 is 5.11 Å². The first-order valence-corrected chi connectivity index (χ1v) is 7.83. The molecule has 114 valence electrons. The van der Waals surface area contributed by atoms with Gasteiger partial charge in [0.05, 0.1) is 6.10 Å². The summed E-state index contributed by atoms with van der Waals surface area (Å²) in [5.41, 5.74) is 7.67. The van der Waals surface area contributed by atoms with Crippen LogP contribution in [-0.2, 0) is 6.54 Å². The summed E-state index contributed by atoms with van der Waals surface area (Å²) in [6.45, 7) is 9.94. The van der Waals surface area contributed by atoms with Crippen molar-refractivity contribution in [3.8, 4) is 0 Å². The van der Waals surface area contributed by atoms with Crippen LogP contribution in [0.2, 0.25) is 0 Å². The smallest absolute Gasteiger partial charge is 0.0916 e. The van der Waals surface area contributed by atoms with Gasteiger partial charge in [0.25, 0.3) is 0 Å². The SMILES string of the molecule is CCC(CC)CN(CC)CC(O)c1ccc(CN)cc1. The van der Waals surface area contributed by atoms with Crippen LogP contribution in [-0.4, -0.2) is 29.6 Å². The molecule has 1 rings (SSSR count). The first-order chi connectivity index (χ1) is 9.64. The average Bonchev–Trinajstić information content (AvgIpc) is 2.51. The molecule has 20 heavy (non-hydrogen) atoms.